The predicted octanol–water partition coefficient (Wildman–Crippen LogP) is 1.98. The molecule has 1 aromatic carbocycles. The summed E-state index contributed by atoms with van der Waals surface area (Å²) in [6, 6.07) is 6.23. The van der Waals surface area contributed by atoms with Gasteiger partial charge in [-0.15, -0.1) is 5.10 Å². The zero-order valence-electron chi connectivity index (χ0n) is 13.4. The summed E-state index contributed by atoms with van der Waals surface area (Å²) in [5.74, 6) is 1.43. The van der Waals surface area contributed by atoms with Crippen LogP contribution in [-0.2, 0) is 0 Å². The number of anilines is 3. The van der Waals surface area contributed by atoms with Gasteiger partial charge in [0.15, 0.2) is 5.82 Å². The van der Waals surface area contributed by atoms with Gasteiger partial charge in [0.25, 0.3) is 0 Å². The maximum atomic E-state index is 4.59. The molecule has 0 unspecified atom stereocenters. The minimum atomic E-state index is 0.541. The Kier molecular flexibility index (Phi) is 4.20. The van der Waals surface area contributed by atoms with E-state index in [1.165, 1.54) is 11.1 Å². The van der Waals surface area contributed by atoms with Gasteiger partial charge >= 0.3 is 0 Å². The maximum absolute atomic E-state index is 4.59. The number of likely N-dealkylation sites (N-methyl/N-ethyl adjacent to an activating group) is 1. The number of piperazine rings is 1. The molecule has 6 nitrogen and oxygen atoms in total. The number of rotatable bonds is 3. The highest BCUT2D eigenvalue weighted by atomic mass is 15.3. The van der Waals surface area contributed by atoms with E-state index in [0.717, 1.165) is 37.7 Å². The van der Waals surface area contributed by atoms with Crippen molar-refractivity contribution < 1.29 is 0 Å². The Balaban J connectivity index is 1.74. The second-order valence-electron chi connectivity index (χ2n) is 5.85. The lowest BCUT2D eigenvalue weighted by molar-refractivity contribution is 0.312. The lowest BCUT2D eigenvalue weighted by Crippen LogP contribution is -2.44. The van der Waals surface area contributed by atoms with Crippen LogP contribution in [0.2, 0.25) is 0 Å². The quantitative estimate of drug-likeness (QED) is 0.935. The van der Waals surface area contributed by atoms with Crippen molar-refractivity contribution in [1.29, 1.82) is 0 Å². The Labute approximate surface area is 131 Å². The largest absolute Gasteiger partial charge is 0.353 e. The van der Waals surface area contributed by atoms with Crippen molar-refractivity contribution in [2.24, 2.45) is 0 Å². The molecule has 6 heteroatoms. The van der Waals surface area contributed by atoms with Crippen LogP contribution in [0.25, 0.3) is 0 Å². The molecule has 0 radical (unpaired) electrons. The Morgan fingerprint density at radius 3 is 2.55 bits per heavy atom. The Morgan fingerprint density at radius 1 is 1.05 bits per heavy atom. The van der Waals surface area contributed by atoms with E-state index in [9.17, 15) is 0 Å². The minimum absolute atomic E-state index is 0.541. The van der Waals surface area contributed by atoms with Crippen LogP contribution < -0.4 is 10.2 Å². The van der Waals surface area contributed by atoms with Gasteiger partial charge in [0.05, 0.1) is 6.20 Å². The van der Waals surface area contributed by atoms with Crippen LogP contribution in [0.5, 0.6) is 0 Å². The monoisotopic (exact) mass is 298 g/mol. The van der Waals surface area contributed by atoms with Gasteiger partial charge in [-0.1, -0.05) is 6.07 Å². The molecule has 0 atom stereocenters. The van der Waals surface area contributed by atoms with Crippen LogP contribution in [0.15, 0.2) is 24.4 Å². The molecule has 1 aliphatic heterocycles. The maximum Gasteiger partial charge on any atom is 0.249 e. The molecule has 1 aromatic heterocycles. The summed E-state index contributed by atoms with van der Waals surface area (Å²) in [5.41, 5.74) is 3.50. The first kappa shape index (κ1) is 14.7. The van der Waals surface area contributed by atoms with E-state index < -0.39 is 0 Å². The molecule has 1 aliphatic rings. The van der Waals surface area contributed by atoms with Gasteiger partial charge in [0.1, 0.15) is 0 Å². The van der Waals surface area contributed by atoms with Gasteiger partial charge in [-0.3, -0.25) is 0 Å². The normalized spacial score (nSPS) is 15.9. The van der Waals surface area contributed by atoms with Crippen LogP contribution >= 0.6 is 0 Å². The van der Waals surface area contributed by atoms with Gasteiger partial charge in [-0.2, -0.15) is 10.1 Å². The highest BCUT2D eigenvalue weighted by Crippen LogP contribution is 2.19. The summed E-state index contributed by atoms with van der Waals surface area (Å²) >= 11 is 0. The molecule has 3 rings (SSSR count). The van der Waals surface area contributed by atoms with Crippen molar-refractivity contribution >= 4 is 17.5 Å². The smallest absolute Gasteiger partial charge is 0.249 e. The fourth-order valence-corrected chi connectivity index (χ4v) is 2.48. The first-order valence-corrected chi connectivity index (χ1v) is 7.59. The summed E-state index contributed by atoms with van der Waals surface area (Å²) in [4.78, 5) is 9.16. The first-order chi connectivity index (χ1) is 10.6. The van der Waals surface area contributed by atoms with Gasteiger partial charge in [-0.25, -0.2) is 0 Å². The Hall–Kier alpha value is -2.21. The average Bonchev–Trinajstić information content (AvgIpc) is 2.52. The van der Waals surface area contributed by atoms with Crippen LogP contribution in [0.1, 0.15) is 11.1 Å². The second kappa shape index (κ2) is 6.27. The van der Waals surface area contributed by atoms with E-state index in [2.05, 4.69) is 63.3 Å². The third kappa shape index (κ3) is 3.33. The molecular formula is C16H22N6. The van der Waals surface area contributed by atoms with Crippen LogP contribution in [0, 0.1) is 13.8 Å². The molecule has 1 saturated heterocycles. The number of aromatic nitrogens is 3. The van der Waals surface area contributed by atoms with E-state index in [4.69, 9.17) is 0 Å². The average molecular weight is 298 g/mol. The van der Waals surface area contributed by atoms with Crippen LogP contribution in [0.4, 0.5) is 17.5 Å². The van der Waals surface area contributed by atoms with Crippen LogP contribution in [0.3, 0.4) is 0 Å². The summed E-state index contributed by atoms with van der Waals surface area (Å²) in [6.07, 6.45) is 1.73. The third-order valence-corrected chi connectivity index (χ3v) is 4.14. The highest BCUT2D eigenvalue weighted by molar-refractivity contribution is 5.56. The lowest BCUT2D eigenvalue weighted by Gasteiger charge is -2.32. The van der Waals surface area contributed by atoms with Gasteiger partial charge in [0, 0.05) is 31.9 Å². The first-order valence-electron chi connectivity index (χ1n) is 7.59. The molecule has 116 valence electrons. The van der Waals surface area contributed by atoms with E-state index in [1.807, 2.05) is 6.07 Å². The molecule has 0 saturated carbocycles. The molecule has 0 spiro atoms. The Morgan fingerprint density at radius 2 is 1.82 bits per heavy atom. The predicted molar refractivity (Wildman–Crippen MR) is 88.7 cm³/mol. The molecule has 1 fully saturated rings. The standard InChI is InChI=1S/C16H22N6/c1-12-4-5-14(10-13(12)2)18-16-19-15(11-17-20-16)22-8-6-21(3)7-9-22/h4-5,10-11H,6-9H2,1-3H3,(H,18,19,20). The Bertz CT molecular complexity index is 649. The van der Waals surface area contributed by atoms with Gasteiger partial charge in [0.2, 0.25) is 5.95 Å². The van der Waals surface area contributed by atoms with Gasteiger partial charge in [-0.05, 0) is 44.2 Å². The summed E-state index contributed by atoms with van der Waals surface area (Å²) in [7, 11) is 2.14. The fraction of sp³-hybridized carbons (Fsp3) is 0.438. The lowest BCUT2D eigenvalue weighted by atomic mass is 10.1. The van der Waals surface area contributed by atoms with Crippen molar-refractivity contribution in [1.82, 2.24) is 20.1 Å². The molecule has 1 N–H and O–H groups in total. The molecule has 0 bridgehead atoms. The van der Waals surface area contributed by atoms with Crippen molar-refractivity contribution in [2.45, 2.75) is 13.8 Å². The molecule has 0 aliphatic carbocycles. The van der Waals surface area contributed by atoms with Crippen molar-refractivity contribution in [3.8, 4) is 0 Å². The topological polar surface area (TPSA) is 57.2 Å². The number of nitrogens with one attached hydrogen (secondary N) is 1. The van der Waals surface area contributed by atoms with E-state index in [1.54, 1.807) is 6.20 Å². The van der Waals surface area contributed by atoms with Crippen molar-refractivity contribution in [2.75, 3.05) is 43.4 Å². The highest BCUT2D eigenvalue weighted by Gasteiger charge is 2.16. The molecule has 2 heterocycles. The van der Waals surface area contributed by atoms with E-state index in [-0.39, 0.29) is 0 Å². The zero-order valence-corrected chi connectivity index (χ0v) is 13.4. The van der Waals surface area contributed by atoms with Crippen LogP contribution in [-0.4, -0.2) is 53.3 Å². The summed E-state index contributed by atoms with van der Waals surface area (Å²) in [6.45, 7) is 8.23. The zero-order chi connectivity index (χ0) is 15.5. The van der Waals surface area contributed by atoms with E-state index in [0.29, 0.717) is 5.95 Å². The van der Waals surface area contributed by atoms with Gasteiger partial charge < -0.3 is 15.1 Å². The number of aryl methyl sites for hydroxylation is 2. The van der Waals surface area contributed by atoms with Crippen molar-refractivity contribution in [3.63, 3.8) is 0 Å². The number of hydrogen-bond donors (Lipinski definition) is 1. The number of hydrogen-bond acceptors (Lipinski definition) is 6. The molecular weight excluding hydrogens is 276 g/mol. The minimum Gasteiger partial charge on any atom is -0.353 e. The van der Waals surface area contributed by atoms with Crippen molar-refractivity contribution in [3.05, 3.63) is 35.5 Å². The summed E-state index contributed by atoms with van der Waals surface area (Å²) < 4.78 is 0. The SMILES string of the molecule is Cc1ccc(Nc2nncc(N3CCN(C)CC3)n2)cc1C. The molecule has 22 heavy (non-hydrogen) atoms. The molecule has 0 amide bonds. The number of benzene rings is 1. The number of nitrogens with zero attached hydrogens (tertiary/aromatic N) is 5. The fourth-order valence-electron chi connectivity index (χ4n) is 2.48. The molecule has 2 aromatic rings. The third-order valence-electron chi connectivity index (χ3n) is 4.14. The summed E-state index contributed by atoms with van der Waals surface area (Å²) in [5, 5.41) is 11.4. The second-order valence-corrected chi connectivity index (χ2v) is 5.85. The van der Waals surface area contributed by atoms with E-state index >= 15 is 0 Å².